The highest BCUT2D eigenvalue weighted by Crippen LogP contribution is 2.21. The van der Waals surface area contributed by atoms with Gasteiger partial charge in [-0.3, -0.25) is 9.59 Å². The summed E-state index contributed by atoms with van der Waals surface area (Å²) in [4.78, 5) is 25.5. The molecule has 0 fully saturated rings. The van der Waals surface area contributed by atoms with Crippen LogP contribution in [0.1, 0.15) is 31.8 Å². The minimum atomic E-state index is -0.142. The molecule has 0 saturated heterocycles. The quantitative estimate of drug-likeness (QED) is 0.134. The van der Waals surface area contributed by atoms with Crippen molar-refractivity contribution in [2.75, 3.05) is 13.2 Å². The monoisotopic (exact) mass is 474 g/mol. The molecule has 4 aromatic carbocycles. The highest BCUT2D eigenvalue weighted by Gasteiger charge is 2.11. The zero-order valence-electron chi connectivity index (χ0n) is 19.7. The molecule has 0 atom stereocenters. The van der Waals surface area contributed by atoms with Crippen molar-refractivity contribution in [3.05, 3.63) is 144 Å². The van der Waals surface area contributed by atoms with E-state index in [4.69, 9.17) is 9.47 Å². The third-order valence-electron chi connectivity index (χ3n) is 5.36. The van der Waals surface area contributed by atoms with E-state index in [1.54, 1.807) is 60.7 Å². The molecule has 0 bridgehead atoms. The summed E-state index contributed by atoms with van der Waals surface area (Å²) < 4.78 is 11.7. The number of hydrogen-bond acceptors (Lipinski definition) is 4. The van der Waals surface area contributed by atoms with Crippen LogP contribution in [0.25, 0.3) is 12.2 Å². The fraction of sp³-hybridized carbons (Fsp3) is 0.0625. The van der Waals surface area contributed by atoms with Gasteiger partial charge in [0.15, 0.2) is 11.6 Å². The lowest BCUT2D eigenvalue weighted by Gasteiger charge is -2.12. The Balaban J connectivity index is 1.35. The summed E-state index contributed by atoms with van der Waals surface area (Å²) in [6.07, 6.45) is 6.64. The van der Waals surface area contributed by atoms with Gasteiger partial charge in [0, 0.05) is 0 Å². The Labute approximate surface area is 211 Å². The fourth-order valence-electron chi connectivity index (χ4n) is 3.55. The van der Waals surface area contributed by atoms with Crippen LogP contribution in [0.4, 0.5) is 0 Å². The number of carbonyl (C=O) groups is 2. The smallest absolute Gasteiger partial charge is 0.189 e. The number of rotatable bonds is 11. The van der Waals surface area contributed by atoms with E-state index in [1.165, 1.54) is 0 Å². The summed E-state index contributed by atoms with van der Waals surface area (Å²) in [7, 11) is 0. The molecular formula is C32H26O4. The Morgan fingerprint density at radius 3 is 1.28 bits per heavy atom. The van der Waals surface area contributed by atoms with Crippen molar-refractivity contribution >= 4 is 23.7 Å². The fourth-order valence-corrected chi connectivity index (χ4v) is 3.55. The van der Waals surface area contributed by atoms with Crippen LogP contribution in [0.5, 0.6) is 11.5 Å². The van der Waals surface area contributed by atoms with Crippen molar-refractivity contribution in [2.45, 2.75) is 0 Å². The van der Waals surface area contributed by atoms with Crippen LogP contribution < -0.4 is 9.47 Å². The highest BCUT2D eigenvalue weighted by atomic mass is 16.5. The lowest BCUT2D eigenvalue weighted by Crippen LogP contribution is -2.12. The average molecular weight is 475 g/mol. The van der Waals surface area contributed by atoms with Crippen molar-refractivity contribution in [1.29, 1.82) is 0 Å². The maximum Gasteiger partial charge on any atom is 0.189 e. The first-order valence-corrected chi connectivity index (χ1v) is 11.7. The molecule has 0 aromatic heterocycles. The molecule has 0 aliphatic heterocycles. The molecule has 0 saturated carbocycles. The Bertz CT molecular complexity index is 1250. The summed E-state index contributed by atoms with van der Waals surface area (Å²) >= 11 is 0. The van der Waals surface area contributed by atoms with Crippen LogP contribution in [0.2, 0.25) is 0 Å². The van der Waals surface area contributed by atoms with E-state index < -0.39 is 0 Å². The van der Waals surface area contributed by atoms with Crippen molar-refractivity contribution in [3.8, 4) is 11.5 Å². The van der Waals surface area contributed by atoms with E-state index in [0.717, 1.165) is 11.1 Å². The first kappa shape index (κ1) is 24.4. The van der Waals surface area contributed by atoms with Crippen LogP contribution in [-0.2, 0) is 0 Å². The van der Waals surface area contributed by atoms with E-state index in [1.807, 2.05) is 72.8 Å². The molecule has 4 heteroatoms. The number of ether oxygens (including phenoxy) is 2. The van der Waals surface area contributed by atoms with E-state index in [-0.39, 0.29) is 24.8 Å². The molecule has 0 unspecified atom stereocenters. The van der Waals surface area contributed by atoms with Gasteiger partial charge >= 0.3 is 0 Å². The summed E-state index contributed by atoms with van der Waals surface area (Å²) in [6.45, 7) is 0.435. The first-order valence-electron chi connectivity index (χ1n) is 11.7. The SMILES string of the molecule is O=C(/C=C/c1ccccc1)c1ccccc1OCCOc1ccccc1C(=O)/C=C/c1ccccc1. The lowest BCUT2D eigenvalue weighted by molar-refractivity contribution is 0.103. The van der Waals surface area contributed by atoms with Crippen LogP contribution in [0, 0.1) is 0 Å². The molecule has 36 heavy (non-hydrogen) atoms. The van der Waals surface area contributed by atoms with Crippen molar-refractivity contribution in [3.63, 3.8) is 0 Å². The third-order valence-corrected chi connectivity index (χ3v) is 5.36. The third kappa shape index (κ3) is 6.90. The summed E-state index contributed by atoms with van der Waals surface area (Å²) in [5.74, 6) is 0.686. The topological polar surface area (TPSA) is 52.6 Å². The number of benzene rings is 4. The minimum absolute atomic E-state index is 0.142. The molecular weight excluding hydrogens is 448 g/mol. The summed E-state index contributed by atoms with van der Waals surface area (Å²) in [5, 5.41) is 0. The second-order valence-electron chi connectivity index (χ2n) is 7.91. The van der Waals surface area contributed by atoms with E-state index >= 15 is 0 Å². The van der Waals surface area contributed by atoms with Crippen molar-refractivity contribution in [2.24, 2.45) is 0 Å². The van der Waals surface area contributed by atoms with Gasteiger partial charge in [0.1, 0.15) is 24.7 Å². The maximum atomic E-state index is 12.7. The van der Waals surface area contributed by atoms with Gasteiger partial charge in [-0.1, -0.05) is 97.1 Å². The second-order valence-corrected chi connectivity index (χ2v) is 7.91. The molecule has 0 radical (unpaired) electrons. The van der Waals surface area contributed by atoms with E-state index in [0.29, 0.717) is 22.6 Å². The predicted molar refractivity (Wildman–Crippen MR) is 143 cm³/mol. The summed E-state index contributed by atoms with van der Waals surface area (Å²) in [5.41, 5.74) is 2.85. The first-order chi connectivity index (χ1) is 17.7. The molecule has 0 N–H and O–H groups in total. The van der Waals surface area contributed by atoms with Crippen molar-refractivity contribution < 1.29 is 19.1 Å². The van der Waals surface area contributed by atoms with Crippen LogP contribution >= 0.6 is 0 Å². The lowest BCUT2D eigenvalue weighted by atomic mass is 10.1. The predicted octanol–water partition coefficient (Wildman–Crippen LogP) is 6.94. The number of allylic oxidation sites excluding steroid dienone is 2. The largest absolute Gasteiger partial charge is 0.489 e. The van der Waals surface area contributed by atoms with Crippen molar-refractivity contribution in [1.82, 2.24) is 0 Å². The van der Waals surface area contributed by atoms with Gasteiger partial charge in [0.05, 0.1) is 11.1 Å². The molecule has 4 rings (SSSR count). The molecule has 4 nitrogen and oxygen atoms in total. The van der Waals surface area contributed by atoms with E-state index in [9.17, 15) is 9.59 Å². The normalized spacial score (nSPS) is 11.0. The summed E-state index contributed by atoms with van der Waals surface area (Å²) in [6, 6.07) is 33.5. The van der Waals surface area contributed by atoms with Crippen LogP contribution in [-0.4, -0.2) is 24.8 Å². The highest BCUT2D eigenvalue weighted by molar-refractivity contribution is 6.09. The molecule has 4 aromatic rings. The van der Waals surface area contributed by atoms with Gasteiger partial charge in [-0.2, -0.15) is 0 Å². The number of hydrogen-bond donors (Lipinski definition) is 0. The van der Waals surface area contributed by atoms with Crippen LogP contribution in [0.3, 0.4) is 0 Å². The van der Waals surface area contributed by atoms with Gasteiger partial charge in [0.25, 0.3) is 0 Å². The molecule has 178 valence electrons. The van der Waals surface area contributed by atoms with E-state index in [2.05, 4.69) is 0 Å². The Morgan fingerprint density at radius 2 is 0.861 bits per heavy atom. The van der Waals surface area contributed by atoms with Crippen LogP contribution in [0.15, 0.2) is 121 Å². The molecule has 0 aliphatic carbocycles. The minimum Gasteiger partial charge on any atom is -0.489 e. The molecule has 0 spiro atoms. The maximum absolute atomic E-state index is 12.7. The van der Waals surface area contributed by atoms with Gasteiger partial charge < -0.3 is 9.47 Å². The number of carbonyl (C=O) groups excluding carboxylic acids is 2. The van der Waals surface area contributed by atoms with Gasteiger partial charge in [0.2, 0.25) is 0 Å². The average Bonchev–Trinajstić information content (AvgIpc) is 2.94. The van der Waals surface area contributed by atoms with Gasteiger partial charge in [-0.05, 0) is 47.5 Å². The Morgan fingerprint density at radius 1 is 0.500 bits per heavy atom. The molecule has 0 aliphatic rings. The standard InChI is InChI=1S/C32H26O4/c33-29(21-19-25-11-3-1-4-12-25)27-15-7-9-17-31(27)35-23-24-36-32-18-10-8-16-28(32)30(34)22-20-26-13-5-2-6-14-26/h1-22H,23-24H2/b21-19+,22-20+. The number of para-hydroxylation sites is 2. The second kappa shape index (κ2) is 12.7. The Kier molecular flexibility index (Phi) is 8.60. The Hall–Kier alpha value is -4.70. The zero-order chi connectivity index (χ0) is 25.0. The molecule has 0 heterocycles. The number of ketones is 2. The molecule has 0 amide bonds. The van der Waals surface area contributed by atoms with Gasteiger partial charge in [-0.25, -0.2) is 0 Å². The van der Waals surface area contributed by atoms with Gasteiger partial charge in [-0.15, -0.1) is 0 Å². The zero-order valence-corrected chi connectivity index (χ0v) is 19.7.